The van der Waals surface area contributed by atoms with E-state index in [2.05, 4.69) is 10.1 Å². The molecule has 0 aliphatic rings. The quantitative estimate of drug-likeness (QED) is 0.695. The second-order valence-corrected chi connectivity index (χ2v) is 4.91. The Morgan fingerprint density at radius 3 is 2.74 bits per heavy atom. The average Bonchev–Trinajstić information content (AvgIpc) is 2.87. The molecule has 3 rings (SSSR count). The minimum absolute atomic E-state index is 0.188. The van der Waals surface area contributed by atoms with Crippen LogP contribution >= 0.6 is 0 Å². The van der Waals surface area contributed by atoms with E-state index in [1.807, 2.05) is 36.4 Å². The van der Waals surface area contributed by atoms with Gasteiger partial charge in [-0.2, -0.15) is 10.4 Å². The van der Waals surface area contributed by atoms with Gasteiger partial charge in [0.05, 0.1) is 18.5 Å². The lowest BCUT2D eigenvalue weighted by molar-refractivity contribution is 0.0525. The minimum Gasteiger partial charge on any atom is -0.462 e. The molecule has 114 valence electrons. The maximum absolute atomic E-state index is 12.1. The lowest BCUT2D eigenvalue weighted by atomic mass is 10.1. The molecule has 0 saturated heterocycles. The molecular formula is C17H14N4O2. The highest BCUT2D eigenvalue weighted by molar-refractivity contribution is 5.96. The molecule has 0 fully saturated rings. The minimum atomic E-state index is -0.532. The van der Waals surface area contributed by atoms with E-state index >= 15 is 0 Å². The molecule has 2 heterocycles. The normalized spacial score (nSPS) is 10.5. The predicted molar refractivity (Wildman–Crippen MR) is 83.8 cm³/mol. The molecule has 0 spiro atoms. The second-order valence-electron chi connectivity index (χ2n) is 4.91. The molecule has 2 aromatic heterocycles. The van der Waals surface area contributed by atoms with Gasteiger partial charge in [0.25, 0.3) is 0 Å². The molecule has 0 aliphatic heterocycles. The van der Waals surface area contributed by atoms with Crippen LogP contribution in [0.15, 0.2) is 36.5 Å². The Bertz CT molecular complexity index is 923. The third-order valence-corrected chi connectivity index (χ3v) is 3.53. The van der Waals surface area contributed by atoms with Crippen molar-refractivity contribution >= 4 is 11.6 Å². The standard InChI is InChI=1S/C17H14N4O2/c1-3-23-17(22)15-11(2)21-16(13(15)9-18)19-10-14(20-21)12-7-5-4-6-8-12/h4-8,10H,3H2,1-2H3. The lowest BCUT2D eigenvalue weighted by Gasteiger charge is -2.03. The number of nitrogens with zero attached hydrogens (tertiary/aromatic N) is 4. The molecule has 0 atom stereocenters. The van der Waals surface area contributed by atoms with Crippen molar-refractivity contribution in [3.63, 3.8) is 0 Å². The van der Waals surface area contributed by atoms with Gasteiger partial charge in [0.15, 0.2) is 5.65 Å². The number of rotatable bonds is 3. The Kier molecular flexibility index (Phi) is 3.77. The first-order valence-electron chi connectivity index (χ1n) is 7.18. The van der Waals surface area contributed by atoms with Gasteiger partial charge in [-0.25, -0.2) is 14.3 Å². The molecule has 23 heavy (non-hydrogen) atoms. The number of carbonyl (C=O) groups excluding carboxylic acids is 1. The van der Waals surface area contributed by atoms with Crippen LogP contribution in [0.2, 0.25) is 0 Å². The van der Waals surface area contributed by atoms with Crippen LogP contribution in [0.25, 0.3) is 16.9 Å². The first kappa shape index (κ1) is 14.7. The summed E-state index contributed by atoms with van der Waals surface area (Å²) in [6.45, 7) is 3.69. The summed E-state index contributed by atoms with van der Waals surface area (Å²) in [5.74, 6) is -0.532. The van der Waals surface area contributed by atoms with Crippen molar-refractivity contribution in [2.24, 2.45) is 0 Å². The highest BCUT2D eigenvalue weighted by Crippen LogP contribution is 2.23. The summed E-state index contributed by atoms with van der Waals surface area (Å²) in [5, 5.41) is 13.9. The number of carbonyl (C=O) groups is 1. The van der Waals surface area contributed by atoms with Crippen LogP contribution in [0.1, 0.15) is 28.5 Å². The number of nitriles is 1. The number of fused-ring (bicyclic) bond motifs is 1. The first-order valence-corrected chi connectivity index (χ1v) is 7.18. The van der Waals surface area contributed by atoms with E-state index < -0.39 is 5.97 Å². The zero-order valence-corrected chi connectivity index (χ0v) is 12.8. The number of ether oxygens (including phenoxy) is 1. The highest BCUT2D eigenvalue weighted by atomic mass is 16.5. The monoisotopic (exact) mass is 306 g/mol. The van der Waals surface area contributed by atoms with Crippen LogP contribution in [-0.2, 0) is 4.74 Å². The smallest absolute Gasteiger partial charge is 0.341 e. The second kappa shape index (κ2) is 5.89. The van der Waals surface area contributed by atoms with E-state index in [1.54, 1.807) is 20.0 Å². The van der Waals surface area contributed by atoms with Gasteiger partial charge in [0.1, 0.15) is 22.9 Å². The van der Waals surface area contributed by atoms with Crippen molar-refractivity contribution in [3.05, 3.63) is 53.3 Å². The summed E-state index contributed by atoms with van der Waals surface area (Å²) in [6, 6.07) is 11.6. The molecule has 0 bridgehead atoms. The lowest BCUT2D eigenvalue weighted by Crippen LogP contribution is -2.07. The molecule has 1 aromatic carbocycles. The Labute approximate surface area is 133 Å². The molecule has 3 aromatic rings. The molecule has 0 saturated carbocycles. The van der Waals surface area contributed by atoms with Crippen LogP contribution in [0.4, 0.5) is 0 Å². The Morgan fingerprint density at radius 2 is 2.09 bits per heavy atom. The molecule has 0 amide bonds. The van der Waals surface area contributed by atoms with Crippen molar-refractivity contribution in [1.82, 2.24) is 14.6 Å². The van der Waals surface area contributed by atoms with Crippen molar-refractivity contribution in [2.75, 3.05) is 6.61 Å². The molecule has 6 nitrogen and oxygen atoms in total. The van der Waals surface area contributed by atoms with Crippen LogP contribution < -0.4 is 0 Å². The molecule has 0 unspecified atom stereocenters. The summed E-state index contributed by atoms with van der Waals surface area (Å²) >= 11 is 0. The summed E-state index contributed by atoms with van der Waals surface area (Å²) in [6.07, 6.45) is 1.60. The fourth-order valence-corrected chi connectivity index (χ4v) is 2.46. The van der Waals surface area contributed by atoms with Crippen molar-refractivity contribution in [3.8, 4) is 17.3 Å². The van der Waals surface area contributed by atoms with Gasteiger partial charge in [0, 0.05) is 5.56 Å². The van der Waals surface area contributed by atoms with Crippen molar-refractivity contribution in [1.29, 1.82) is 5.26 Å². The van der Waals surface area contributed by atoms with E-state index in [0.29, 0.717) is 17.0 Å². The Morgan fingerprint density at radius 1 is 1.35 bits per heavy atom. The van der Waals surface area contributed by atoms with Crippen LogP contribution in [-0.4, -0.2) is 27.2 Å². The SMILES string of the molecule is CCOC(=O)c1c(C#N)c2ncc(-c3ccccc3)nn2c1C. The largest absolute Gasteiger partial charge is 0.462 e. The van der Waals surface area contributed by atoms with E-state index in [4.69, 9.17) is 4.74 Å². The average molecular weight is 306 g/mol. The maximum atomic E-state index is 12.1. The van der Waals surface area contributed by atoms with Crippen LogP contribution in [0.5, 0.6) is 0 Å². The topological polar surface area (TPSA) is 80.3 Å². The fraction of sp³-hybridized carbons (Fsp3) is 0.176. The van der Waals surface area contributed by atoms with Gasteiger partial charge in [-0.15, -0.1) is 0 Å². The third kappa shape index (κ3) is 2.42. The summed E-state index contributed by atoms with van der Waals surface area (Å²) < 4.78 is 6.56. The third-order valence-electron chi connectivity index (χ3n) is 3.53. The number of hydrogen-bond donors (Lipinski definition) is 0. The van der Waals surface area contributed by atoms with E-state index in [1.165, 1.54) is 4.52 Å². The fourth-order valence-electron chi connectivity index (χ4n) is 2.46. The van der Waals surface area contributed by atoms with Gasteiger partial charge in [-0.1, -0.05) is 30.3 Å². The maximum Gasteiger partial charge on any atom is 0.341 e. The van der Waals surface area contributed by atoms with Crippen molar-refractivity contribution in [2.45, 2.75) is 13.8 Å². The molecule has 0 aliphatic carbocycles. The first-order chi connectivity index (χ1) is 11.2. The van der Waals surface area contributed by atoms with E-state index in [9.17, 15) is 10.1 Å². The van der Waals surface area contributed by atoms with Gasteiger partial charge in [-0.05, 0) is 13.8 Å². The zero-order valence-electron chi connectivity index (χ0n) is 12.8. The van der Waals surface area contributed by atoms with Gasteiger partial charge >= 0.3 is 5.97 Å². The summed E-state index contributed by atoms with van der Waals surface area (Å²) in [7, 11) is 0. The van der Waals surface area contributed by atoms with E-state index in [0.717, 1.165) is 5.56 Å². The summed E-state index contributed by atoms with van der Waals surface area (Å²) in [4.78, 5) is 16.5. The zero-order chi connectivity index (χ0) is 16.4. The van der Waals surface area contributed by atoms with Gasteiger partial charge < -0.3 is 4.74 Å². The van der Waals surface area contributed by atoms with Gasteiger partial charge in [0.2, 0.25) is 0 Å². The number of aromatic nitrogens is 3. The molecule has 6 heteroatoms. The Hall–Kier alpha value is -3.20. The number of benzene rings is 1. The highest BCUT2D eigenvalue weighted by Gasteiger charge is 2.24. The van der Waals surface area contributed by atoms with Crippen LogP contribution in [0.3, 0.4) is 0 Å². The molecule has 0 radical (unpaired) electrons. The molecule has 0 N–H and O–H groups in total. The van der Waals surface area contributed by atoms with Crippen molar-refractivity contribution < 1.29 is 9.53 Å². The Balaban J connectivity index is 2.23. The summed E-state index contributed by atoms with van der Waals surface area (Å²) in [5.41, 5.74) is 2.88. The van der Waals surface area contributed by atoms with Crippen LogP contribution in [0, 0.1) is 18.3 Å². The molecular weight excluding hydrogens is 292 g/mol. The predicted octanol–water partition coefficient (Wildman–Crippen LogP) is 2.75. The number of esters is 1. The van der Waals surface area contributed by atoms with E-state index in [-0.39, 0.29) is 17.7 Å². The van der Waals surface area contributed by atoms with Gasteiger partial charge in [-0.3, -0.25) is 0 Å². The number of aryl methyl sites for hydroxylation is 1. The number of hydrogen-bond acceptors (Lipinski definition) is 5.